The van der Waals surface area contributed by atoms with E-state index in [0.29, 0.717) is 35.5 Å². The smallest absolute Gasteiger partial charge is 0.130 e. The normalized spacial score (nSPS) is 17.9. The molecule has 3 atom stereocenters. The standard InChI is InChI=1S/C30H34F4N2/c1-2-6-21(18-35-30-17-27(30)22-7-4-3-5-8-22)13-14-36(19-23-9-11-25(31)15-28(23)33)20-24-10-12-26(32)16-29(24)34/h3-5,7-12,15-16,21,27,30,35H,2,6,13-14,17-20H2,1H3/t21?,27-,30+/m0/s1. The number of halogens is 4. The molecule has 6 heteroatoms. The lowest BCUT2D eigenvalue weighted by Gasteiger charge is -2.26. The molecule has 0 amide bonds. The van der Waals surface area contributed by atoms with Crippen LogP contribution in [0.15, 0.2) is 66.7 Å². The summed E-state index contributed by atoms with van der Waals surface area (Å²) < 4.78 is 55.6. The van der Waals surface area contributed by atoms with E-state index in [2.05, 4.69) is 36.5 Å². The van der Waals surface area contributed by atoms with Crippen LogP contribution in [0.1, 0.15) is 55.2 Å². The maximum atomic E-state index is 14.4. The van der Waals surface area contributed by atoms with E-state index < -0.39 is 23.3 Å². The van der Waals surface area contributed by atoms with Crippen molar-refractivity contribution < 1.29 is 17.6 Å². The maximum absolute atomic E-state index is 14.4. The average Bonchev–Trinajstić information content (AvgIpc) is 3.64. The molecule has 3 aromatic rings. The summed E-state index contributed by atoms with van der Waals surface area (Å²) in [5.74, 6) is -1.51. The molecule has 1 aliphatic rings. The Bertz CT molecular complexity index is 1070. The first-order valence-electron chi connectivity index (χ1n) is 12.8. The van der Waals surface area contributed by atoms with E-state index in [9.17, 15) is 17.6 Å². The molecule has 2 nitrogen and oxygen atoms in total. The number of nitrogens with one attached hydrogen (secondary N) is 1. The Balaban J connectivity index is 1.38. The summed E-state index contributed by atoms with van der Waals surface area (Å²) in [6.07, 6.45) is 4.11. The first-order chi connectivity index (χ1) is 17.4. The number of hydrogen-bond acceptors (Lipinski definition) is 2. The molecule has 1 saturated carbocycles. The van der Waals surface area contributed by atoms with Crippen molar-refractivity contribution in [3.05, 3.63) is 107 Å². The van der Waals surface area contributed by atoms with Gasteiger partial charge in [0, 0.05) is 48.3 Å². The Labute approximate surface area is 211 Å². The van der Waals surface area contributed by atoms with Gasteiger partial charge in [-0.25, -0.2) is 17.6 Å². The van der Waals surface area contributed by atoms with Crippen LogP contribution in [0.2, 0.25) is 0 Å². The number of nitrogens with zero attached hydrogens (tertiary/aromatic N) is 1. The average molecular weight is 499 g/mol. The van der Waals surface area contributed by atoms with Crippen molar-refractivity contribution in [2.75, 3.05) is 13.1 Å². The lowest BCUT2D eigenvalue weighted by molar-refractivity contribution is 0.224. The second-order valence-corrected chi connectivity index (χ2v) is 9.89. The highest BCUT2D eigenvalue weighted by Gasteiger charge is 2.37. The summed E-state index contributed by atoms with van der Waals surface area (Å²) in [7, 11) is 0. The lowest BCUT2D eigenvalue weighted by atomic mass is 9.98. The van der Waals surface area contributed by atoms with Gasteiger partial charge in [0.2, 0.25) is 0 Å². The number of benzene rings is 3. The van der Waals surface area contributed by atoms with Crippen molar-refractivity contribution in [1.29, 1.82) is 0 Å². The molecule has 1 aliphatic carbocycles. The van der Waals surface area contributed by atoms with Gasteiger partial charge in [-0.3, -0.25) is 4.90 Å². The predicted molar refractivity (Wildman–Crippen MR) is 135 cm³/mol. The third kappa shape index (κ3) is 7.40. The van der Waals surface area contributed by atoms with Crippen molar-refractivity contribution >= 4 is 0 Å². The summed E-state index contributed by atoms with van der Waals surface area (Å²) >= 11 is 0. The zero-order valence-electron chi connectivity index (χ0n) is 20.7. The minimum Gasteiger partial charge on any atom is -0.313 e. The number of hydrogen-bond donors (Lipinski definition) is 1. The van der Waals surface area contributed by atoms with Gasteiger partial charge >= 0.3 is 0 Å². The lowest BCUT2D eigenvalue weighted by Crippen LogP contribution is -2.31. The first-order valence-corrected chi connectivity index (χ1v) is 12.8. The molecule has 3 aromatic carbocycles. The van der Waals surface area contributed by atoms with Gasteiger partial charge < -0.3 is 5.32 Å². The van der Waals surface area contributed by atoms with Crippen molar-refractivity contribution in [2.45, 2.75) is 57.7 Å². The fourth-order valence-corrected chi connectivity index (χ4v) is 4.92. The zero-order valence-corrected chi connectivity index (χ0v) is 20.7. The fraction of sp³-hybridized carbons (Fsp3) is 0.400. The molecule has 4 rings (SSSR count). The number of rotatable bonds is 13. The monoisotopic (exact) mass is 498 g/mol. The predicted octanol–water partition coefficient (Wildman–Crippen LogP) is 7.20. The summed E-state index contributed by atoms with van der Waals surface area (Å²) in [6.45, 7) is 4.11. The molecule has 1 fully saturated rings. The summed E-state index contributed by atoms with van der Waals surface area (Å²) in [6, 6.07) is 18.1. The highest BCUT2D eigenvalue weighted by atomic mass is 19.1. The van der Waals surface area contributed by atoms with Gasteiger partial charge in [-0.05, 0) is 56.0 Å². The highest BCUT2D eigenvalue weighted by molar-refractivity contribution is 5.27. The van der Waals surface area contributed by atoms with Gasteiger partial charge in [0.25, 0.3) is 0 Å². The van der Waals surface area contributed by atoms with Crippen LogP contribution in [0.5, 0.6) is 0 Å². The van der Waals surface area contributed by atoms with E-state index in [4.69, 9.17) is 0 Å². The van der Waals surface area contributed by atoms with Crippen molar-refractivity contribution in [3.8, 4) is 0 Å². The molecule has 0 spiro atoms. The molecule has 0 aromatic heterocycles. The van der Waals surface area contributed by atoms with Crippen LogP contribution in [-0.4, -0.2) is 24.0 Å². The van der Waals surface area contributed by atoms with Crippen LogP contribution >= 0.6 is 0 Å². The van der Waals surface area contributed by atoms with Gasteiger partial charge in [0.05, 0.1) is 0 Å². The molecular formula is C30H34F4N2. The Hall–Kier alpha value is -2.70. The van der Waals surface area contributed by atoms with Gasteiger partial charge in [0.15, 0.2) is 0 Å². The first kappa shape index (κ1) is 26.4. The Kier molecular flexibility index (Phi) is 9.16. The third-order valence-corrected chi connectivity index (χ3v) is 7.06. The zero-order chi connectivity index (χ0) is 25.5. The van der Waals surface area contributed by atoms with Crippen molar-refractivity contribution in [2.24, 2.45) is 5.92 Å². The largest absolute Gasteiger partial charge is 0.313 e. The Morgan fingerprint density at radius 1 is 0.833 bits per heavy atom. The molecule has 36 heavy (non-hydrogen) atoms. The quantitative estimate of drug-likeness (QED) is 0.251. The molecule has 0 radical (unpaired) electrons. The van der Waals surface area contributed by atoms with Gasteiger partial charge in [-0.2, -0.15) is 0 Å². The van der Waals surface area contributed by atoms with E-state index in [1.54, 1.807) is 0 Å². The van der Waals surface area contributed by atoms with E-state index in [1.807, 2.05) is 11.0 Å². The molecule has 0 bridgehead atoms. The third-order valence-electron chi connectivity index (χ3n) is 7.06. The van der Waals surface area contributed by atoms with Crippen LogP contribution in [-0.2, 0) is 13.1 Å². The van der Waals surface area contributed by atoms with Crippen LogP contribution < -0.4 is 5.32 Å². The van der Waals surface area contributed by atoms with Crippen molar-refractivity contribution in [3.63, 3.8) is 0 Å². The molecule has 192 valence electrons. The van der Waals surface area contributed by atoms with E-state index in [0.717, 1.165) is 44.4 Å². The minimum atomic E-state index is -0.629. The Morgan fingerprint density at radius 2 is 1.44 bits per heavy atom. The summed E-state index contributed by atoms with van der Waals surface area (Å²) in [4.78, 5) is 1.96. The van der Waals surface area contributed by atoms with E-state index in [-0.39, 0.29) is 13.1 Å². The van der Waals surface area contributed by atoms with Gasteiger partial charge in [-0.1, -0.05) is 55.8 Å². The van der Waals surface area contributed by atoms with Crippen molar-refractivity contribution in [1.82, 2.24) is 10.2 Å². The van der Waals surface area contributed by atoms with Crippen LogP contribution in [0.25, 0.3) is 0 Å². The summed E-state index contributed by atoms with van der Waals surface area (Å²) in [5, 5.41) is 3.72. The highest BCUT2D eigenvalue weighted by Crippen LogP contribution is 2.40. The van der Waals surface area contributed by atoms with Gasteiger partial charge in [0.1, 0.15) is 23.3 Å². The molecule has 1 unspecified atom stereocenters. The second kappa shape index (κ2) is 12.5. The second-order valence-electron chi connectivity index (χ2n) is 9.89. The van der Waals surface area contributed by atoms with Crippen LogP contribution in [0.4, 0.5) is 17.6 Å². The molecule has 0 aliphatic heterocycles. The van der Waals surface area contributed by atoms with E-state index >= 15 is 0 Å². The van der Waals surface area contributed by atoms with Gasteiger partial charge in [-0.15, -0.1) is 0 Å². The summed E-state index contributed by atoms with van der Waals surface area (Å²) in [5.41, 5.74) is 2.08. The minimum absolute atomic E-state index is 0.216. The molecular weight excluding hydrogens is 464 g/mol. The molecule has 0 saturated heterocycles. The van der Waals surface area contributed by atoms with Crippen LogP contribution in [0.3, 0.4) is 0 Å². The van der Waals surface area contributed by atoms with Crippen LogP contribution in [0, 0.1) is 29.2 Å². The van der Waals surface area contributed by atoms with E-state index in [1.165, 1.54) is 29.8 Å². The molecule has 1 N–H and O–H groups in total. The topological polar surface area (TPSA) is 15.3 Å². The fourth-order valence-electron chi connectivity index (χ4n) is 4.92. The maximum Gasteiger partial charge on any atom is 0.130 e. The molecule has 0 heterocycles. The SMILES string of the molecule is CCCC(CCN(Cc1ccc(F)cc1F)Cc1ccc(F)cc1F)CN[C@@H]1C[C@H]1c1ccccc1. The Morgan fingerprint density at radius 3 is 2.00 bits per heavy atom.